The Morgan fingerprint density at radius 3 is 2.52 bits per heavy atom. The highest BCUT2D eigenvalue weighted by Gasteiger charge is 2.48. The second-order valence-corrected chi connectivity index (χ2v) is 6.27. The summed E-state index contributed by atoms with van der Waals surface area (Å²) in [5.41, 5.74) is 0.937. The Kier molecular flexibility index (Phi) is 3.22. The third-order valence-corrected chi connectivity index (χ3v) is 4.75. The van der Waals surface area contributed by atoms with Crippen LogP contribution in [0.15, 0.2) is 46.9 Å². The maximum absolute atomic E-state index is 12.7. The Hall–Kier alpha value is -2.56. The summed E-state index contributed by atoms with van der Waals surface area (Å²) < 4.78 is 5.41. The molecule has 0 saturated carbocycles. The quantitative estimate of drug-likeness (QED) is 0.855. The molecule has 2 amide bonds. The van der Waals surface area contributed by atoms with Crippen molar-refractivity contribution in [3.8, 4) is 0 Å². The van der Waals surface area contributed by atoms with E-state index in [0.717, 1.165) is 11.4 Å². The van der Waals surface area contributed by atoms with Crippen molar-refractivity contribution in [2.45, 2.75) is 6.92 Å². The number of likely N-dealkylation sites (tertiary alicyclic amines) is 1. The zero-order valence-corrected chi connectivity index (χ0v) is 12.9. The van der Waals surface area contributed by atoms with Gasteiger partial charge in [0, 0.05) is 31.2 Å². The van der Waals surface area contributed by atoms with Gasteiger partial charge in [0.15, 0.2) is 5.76 Å². The fraction of sp³-hybridized carbons (Fsp3) is 0.333. The molecule has 0 radical (unpaired) electrons. The number of hydrogen-bond donors (Lipinski definition) is 0. The molecule has 2 aliphatic rings. The highest BCUT2D eigenvalue weighted by atomic mass is 16.3. The molecular weight excluding hydrogens is 292 g/mol. The number of benzene rings is 1. The van der Waals surface area contributed by atoms with E-state index in [-0.39, 0.29) is 23.7 Å². The summed E-state index contributed by atoms with van der Waals surface area (Å²) in [4.78, 5) is 28.7. The van der Waals surface area contributed by atoms with Gasteiger partial charge in [-0.25, -0.2) is 0 Å². The zero-order valence-electron chi connectivity index (χ0n) is 12.9. The minimum absolute atomic E-state index is 0.102. The molecular formula is C18H18N2O3. The molecule has 1 aromatic heterocycles. The molecule has 0 aliphatic carbocycles. The van der Waals surface area contributed by atoms with Crippen LogP contribution in [-0.4, -0.2) is 36.3 Å². The summed E-state index contributed by atoms with van der Waals surface area (Å²) >= 11 is 0. The average molecular weight is 310 g/mol. The second-order valence-electron chi connectivity index (χ2n) is 6.27. The third-order valence-electron chi connectivity index (χ3n) is 4.75. The normalized spacial score (nSPS) is 23.4. The molecule has 2 atom stereocenters. The first-order valence-corrected chi connectivity index (χ1v) is 7.85. The smallest absolute Gasteiger partial charge is 0.289 e. The Morgan fingerprint density at radius 1 is 1.09 bits per heavy atom. The molecule has 23 heavy (non-hydrogen) atoms. The molecule has 1 aromatic carbocycles. The van der Waals surface area contributed by atoms with Crippen LogP contribution in [0.3, 0.4) is 0 Å². The van der Waals surface area contributed by atoms with Gasteiger partial charge in [0.05, 0.1) is 5.92 Å². The lowest BCUT2D eigenvalue weighted by Crippen LogP contribution is -2.35. The lowest BCUT2D eigenvalue weighted by atomic mass is 10.0. The van der Waals surface area contributed by atoms with Gasteiger partial charge < -0.3 is 14.2 Å². The number of rotatable bonds is 2. The van der Waals surface area contributed by atoms with Crippen molar-refractivity contribution in [1.82, 2.24) is 4.90 Å². The third kappa shape index (κ3) is 2.32. The summed E-state index contributed by atoms with van der Waals surface area (Å²) in [6.07, 6.45) is 0. The van der Waals surface area contributed by atoms with Gasteiger partial charge in [-0.05, 0) is 31.2 Å². The van der Waals surface area contributed by atoms with Crippen molar-refractivity contribution >= 4 is 17.5 Å². The Bertz CT molecular complexity index is 753. The fourth-order valence-corrected chi connectivity index (χ4v) is 3.57. The van der Waals surface area contributed by atoms with E-state index in [0.29, 0.717) is 25.4 Å². The van der Waals surface area contributed by atoms with E-state index >= 15 is 0 Å². The van der Waals surface area contributed by atoms with E-state index in [1.54, 1.807) is 17.0 Å². The minimum atomic E-state index is -0.119. The maximum atomic E-state index is 12.7. The highest BCUT2D eigenvalue weighted by Crippen LogP contribution is 2.35. The first kappa shape index (κ1) is 14.1. The van der Waals surface area contributed by atoms with E-state index in [1.807, 2.05) is 42.2 Å². The van der Waals surface area contributed by atoms with Crippen molar-refractivity contribution < 1.29 is 14.0 Å². The number of carbonyl (C=O) groups is 2. The summed E-state index contributed by atoms with van der Waals surface area (Å²) in [7, 11) is 0. The molecule has 0 spiro atoms. The van der Waals surface area contributed by atoms with E-state index in [4.69, 9.17) is 4.42 Å². The molecule has 5 heteroatoms. The first-order valence-electron chi connectivity index (χ1n) is 7.85. The second kappa shape index (κ2) is 5.26. The Balaban J connectivity index is 1.49. The number of carbonyl (C=O) groups excluding carboxylic acids is 2. The predicted octanol–water partition coefficient (Wildman–Crippen LogP) is 2.32. The monoisotopic (exact) mass is 310 g/mol. The van der Waals surface area contributed by atoms with Gasteiger partial charge in [-0.2, -0.15) is 0 Å². The summed E-state index contributed by atoms with van der Waals surface area (Å²) in [6, 6.07) is 13.2. The highest BCUT2D eigenvalue weighted by molar-refractivity contribution is 5.99. The summed E-state index contributed by atoms with van der Waals surface area (Å²) in [5.74, 6) is 1.17. The molecule has 4 rings (SSSR count). The summed E-state index contributed by atoms with van der Waals surface area (Å²) in [5, 5.41) is 0. The molecule has 2 aromatic rings. The first-order chi connectivity index (χ1) is 11.1. The van der Waals surface area contributed by atoms with E-state index in [2.05, 4.69) is 0 Å². The van der Waals surface area contributed by atoms with Crippen LogP contribution < -0.4 is 4.90 Å². The van der Waals surface area contributed by atoms with E-state index in [1.165, 1.54) is 0 Å². The Morgan fingerprint density at radius 2 is 1.87 bits per heavy atom. The zero-order chi connectivity index (χ0) is 16.0. The molecule has 2 saturated heterocycles. The lowest BCUT2D eigenvalue weighted by Gasteiger charge is -2.21. The number of para-hydroxylation sites is 1. The maximum Gasteiger partial charge on any atom is 0.289 e. The summed E-state index contributed by atoms with van der Waals surface area (Å²) in [6.45, 7) is 3.58. The molecule has 118 valence electrons. The number of aryl methyl sites for hydroxylation is 1. The van der Waals surface area contributed by atoms with Gasteiger partial charge in [-0.1, -0.05) is 18.2 Å². The van der Waals surface area contributed by atoms with Crippen LogP contribution in [0.5, 0.6) is 0 Å². The number of anilines is 1. The number of fused-ring (bicyclic) bond motifs is 1. The van der Waals surface area contributed by atoms with Crippen LogP contribution in [0.25, 0.3) is 0 Å². The van der Waals surface area contributed by atoms with Crippen LogP contribution in [0.2, 0.25) is 0 Å². The number of nitrogens with zero attached hydrogens (tertiary/aromatic N) is 2. The van der Waals surface area contributed by atoms with Gasteiger partial charge >= 0.3 is 0 Å². The number of furan rings is 1. The van der Waals surface area contributed by atoms with Crippen molar-refractivity contribution in [1.29, 1.82) is 0 Å². The standard InChI is InChI=1S/C18H18N2O3/c1-12-7-8-16(23-12)18(22)19-9-13-10-20(17(21)15(13)11-19)14-5-3-2-4-6-14/h2-8,13,15H,9-11H2,1H3/t13-,15-/m0/s1. The number of amides is 2. The van der Waals surface area contributed by atoms with Crippen LogP contribution in [-0.2, 0) is 4.79 Å². The van der Waals surface area contributed by atoms with Gasteiger partial charge in [-0.3, -0.25) is 9.59 Å². The van der Waals surface area contributed by atoms with Crippen molar-refractivity contribution in [2.24, 2.45) is 11.8 Å². The molecule has 0 bridgehead atoms. The van der Waals surface area contributed by atoms with Gasteiger partial charge in [-0.15, -0.1) is 0 Å². The SMILES string of the molecule is Cc1ccc(C(=O)N2C[C@H]3CN(c4ccccc4)C(=O)[C@H]3C2)o1. The molecule has 2 aliphatic heterocycles. The lowest BCUT2D eigenvalue weighted by molar-refractivity contribution is -0.120. The van der Waals surface area contributed by atoms with E-state index in [9.17, 15) is 9.59 Å². The van der Waals surface area contributed by atoms with Crippen molar-refractivity contribution in [2.75, 3.05) is 24.5 Å². The topological polar surface area (TPSA) is 53.8 Å². The van der Waals surface area contributed by atoms with Crippen LogP contribution in [0.4, 0.5) is 5.69 Å². The van der Waals surface area contributed by atoms with Crippen molar-refractivity contribution in [3.05, 3.63) is 54.0 Å². The molecule has 3 heterocycles. The van der Waals surface area contributed by atoms with Gasteiger partial charge in [0.25, 0.3) is 5.91 Å². The molecule has 0 unspecified atom stereocenters. The van der Waals surface area contributed by atoms with Crippen LogP contribution in [0, 0.1) is 18.8 Å². The Labute approximate surface area is 134 Å². The fourth-order valence-electron chi connectivity index (χ4n) is 3.57. The van der Waals surface area contributed by atoms with Crippen molar-refractivity contribution in [3.63, 3.8) is 0 Å². The molecule has 0 N–H and O–H groups in total. The van der Waals surface area contributed by atoms with Gasteiger partial charge in [0.1, 0.15) is 5.76 Å². The van der Waals surface area contributed by atoms with Crippen LogP contribution >= 0.6 is 0 Å². The molecule has 5 nitrogen and oxygen atoms in total. The number of hydrogen-bond acceptors (Lipinski definition) is 3. The predicted molar refractivity (Wildman–Crippen MR) is 85.1 cm³/mol. The minimum Gasteiger partial charge on any atom is -0.456 e. The van der Waals surface area contributed by atoms with Gasteiger partial charge in [0.2, 0.25) is 5.91 Å². The molecule has 2 fully saturated rings. The largest absolute Gasteiger partial charge is 0.456 e. The average Bonchev–Trinajstić information content (AvgIpc) is 3.24. The van der Waals surface area contributed by atoms with E-state index < -0.39 is 0 Å². The van der Waals surface area contributed by atoms with Crippen LogP contribution in [0.1, 0.15) is 16.3 Å².